The van der Waals surface area contributed by atoms with Gasteiger partial charge in [0.1, 0.15) is 0 Å². The Balaban J connectivity index is 2.29. The van der Waals surface area contributed by atoms with Crippen LogP contribution in [0.4, 0.5) is 9.59 Å². The molecule has 1 fully saturated rings. The number of amides is 2. The molecule has 0 aromatic rings. The molecule has 1 rings (SSSR count). The van der Waals surface area contributed by atoms with E-state index in [0.717, 1.165) is 0 Å². The molecule has 0 aromatic heterocycles. The second-order valence-corrected chi connectivity index (χ2v) is 4.52. The van der Waals surface area contributed by atoms with Crippen LogP contribution < -0.4 is 10.6 Å². The van der Waals surface area contributed by atoms with Gasteiger partial charge in [-0.15, -0.1) is 0 Å². The number of hydrogen-bond acceptors (Lipinski definition) is 4. The SMILES string of the molecule is O=C1NC[SiH2]OC(=O)NC[SiH2]O1. The molecule has 1 aliphatic rings. The molecular formula is C4H10N2O4Si2. The van der Waals surface area contributed by atoms with Crippen LogP contribution in [0.1, 0.15) is 0 Å². The first-order chi connectivity index (χ1) is 5.79. The minimum Gasteiger partial charge on any atom is -0.508 e. The van der Waals surface area contributed by atoms with E-state index in [1.54, 1.807) is 0 Å². The van der Waals surface area contributed by atoms with Crippen LogP contribution in [-0.4, -0.2) is 44.0 Å². The van der Waals surface area contributed by atoms with Crippen LogP contribution in [0.5, 0.6) is 0 Å². The van der Waals surface area contributed by atoms with Gasteiger partial charge in [-0.25, -0.2) is 9.59 Å². The molecular weight excluding hydrogens is 196 g/mol. The van der Waals surface area contributed by atoms with E-state index < -0.39 is 31.7 Å². The molecule has 68 valence electrons. The molecule has 12 heavy (non-hydrogen) atoms. The zero-order chi connectivity index (χ0) is 8.81. The van der Waals surface area contributed by atoms with Crippen LogP contribution in [0.3, 0.4) is 0 Å². The topological polar surface area (TPSA) is 76.7 Å². The molecule has 0 atom stereocenters. The third kappa shape index (κ3) is 3.39. The van der Waals surface area contributed by atoms with E-state index in [0.29, 0.717) is 12.3 Å². The van der Waals surface area contributed by atoms with Crippen molar-refractivity contribution in [2.24, 2.45) is 0 Å². The quantitative estimate of drug-likeness (QED) is 0.431. The Morgan fingerprint density at radius 2 is 1.42 bits per heavy atom. The van der Waals surface area contributed by atoms with Crippen LogP contribution in [0.15, 0.2) is 0 Å². The molecule has 2 amide bonds. The van der Waals surface area contributed by atoms with Gasteiger partial charge in [-0.3, -0.25) is 0 Å². The van der Waals surface area contributed by atoms with Crippen molar-refractivity contribution in [1.29, 1.82) is 0 Å². The largest absolute Gasteiger partial charge is 0.508 e. The van der Waals surface area contributed by atoms with Crippen molar-refractivity contribution >= 4 is 31.7 Å². The predicted molar refractivity (Wildman–Crippen MR) is 46.1 cm³/mol. The van der Waals surface area contributed by atoms with Crippen molar-refractivity contribution in [2.45, 2.75) is 0 Å². The lowest BCUT2D eigenvalue weighted by molar-refractivity contribution is 0.195. The zero-order valence-electron chi connectivity index (χ0n) is 6.46. The molecule has 0 radical (unpaired) electrons. The highest BCUT2D eigenvalue weighted by Crippen LogP contribution is 1.79. The third-order valence-electron chi connectivity index (χ3n) is 1.21. The molecule has 1 aliphatic heterocycles. The smallest absolute Gasteiger partial charge is 0.393 e. The van der Waals surface area contributed by atoms with Crippen LogP contribution in [-0.2, 0) is 8.85 Å². The summed E-state index contributed by atoms with van der Waals surface area (Å²) in [6.45, 7) is 0. The Labute approximate surface area is 73.9 Å². The maximum Gasteiger partial charge on any atom is 0.393 e. The van der Waals surface area contributed by atoms with Crippen molar-refractivity contribution < 1.29 is 18.4 Å². The van der Waals surface area contributed by atoms with E-state index in [2.05, 4.69) is 10.6 Å². The first-order valence-corrected chi connectivity index (χ1v) is 6.76. The first-order valence-electron chi connectivity index (χ1n) is 3.60. The molecule has 0 bridgehead atoms. The minimum atomic E-state index is -0.974. The van der Waals surface area contributed by atoms with Crippen molar-refractivity contribution in [3.05, 3.63) is 0 Å². The Hall–Kier alpha value is -1.03. The van der Waals surface area contributed by atoms with Crippen molar-refractivity contribution in [3.8, 4) is 0 Å². The molecule has 8 heteroatoms. The van der Waals surface area contributed by atoms with Crippen molar-refractivity contribution in [3.63, 3.8) is 0 Å². The van der Waals surface area contributed by atoms with Crippen LogP contribution in [0.2, 0.25) is 0 Å². The average molecular weight is 206 g/mol. The molecule has 0 aliphatic carbocycles. The monoisotopic (exact) mass is 206 g/mol. The fourth-order valence-electron chi connectivity index (χ4n) is 0.696. The molecule has 0 saturated carbocycles. The van der Waals surface area contributed by atoms with Gasteiger partial charge in [0.05, 0.1) is 0 Å². The molecule has 0 spiro atoms. The van der Waals surface area contributed by atoms with Gasteiger partial charge >= 0.3 is 12.2 Å². The molecule has 2 N–H and O–H groups in total. The van der Waals surface area contributed by atoms with Crippen LogP contribution in [0.25, 0.3) is 0 Å². The second kappa shape index (κ2) is 4.77. The van der Waals surface area contributed by atoms with Crippen LogP contribution >= 0.6 is 0 Å². The summed E-state index contributed by atoms with van der Waals surface area (Å²) in [4.78, 5) is 21.5. The summed E-state index contributed by atoms with van der Waals surface area (Å²) in [5.41, 5.74) is 0. The minimum absolute atomic E-state index is 0.395. The maximum atomic E-state index is 10.7. The van der Waals surface area contributed by atoms with Crippen molar-refractivity contribution in [2.75, 3.05) is 12.3 Å². The third-order valence-corrected chi connectivity index (χ3v) is 3.05. The van der Waals surface area contributed by atoms with E-state index >= 15 is 0 Å². The summed E-state index contributed by atoms with van der Waals surface area (Å²) < 4.78 is 9.62. The Morgan fingerprint density at radius 1 is 1.00 bits per heavy atom. The number of carbonyl (C=O) groups excluding carboxylic acids is 2. The summed E-state index contributed by atoms with van der Waals surface area (Å²) in [5, 5.41) is 5.01. The van der Waals surface area contributed by atoms with Crippen molar-refractivity contribution in [1.82, 2.24) is 10.6 Å². The predicted octanol–water partition coefficient (Wildman–Crippen LogP) is -2.46. The lowest BCUT2D eigenvalue weighted by Gasteiger charge is -2.11. The standard InChI is InChI=1S/C4H10N2O4Si2/c7-3-5-1-11-9-4(8)6-2-12-10-3/h1-2,11-12H2,(H,5,7)(H,6,8). The molecule has 1 heterocycles. The Bertz CT molecular complexity index is 152. The highest BCUT2D eigenvalue weighted by molar-refractivity contribution is 6.34. The molecule has 0 aromatic carbocycles. The summed E-state index contributed by atoms with van der Waals surface area (Å²) in [5.74, 6) is 0. The zero-order valence-corrected chi connectivity index (χ0v) is 9.29. The maximum absolute atomic E-state index is 10.7. The Morgan fingerprint density at radius 3 is 1.83 bits per heavy atom. The number of rotatable bonds is 0. The number of carbonyl (C=O) groups is 2. The molecule has 0 unspecified atom stereocenters. The van der Waals surface area contributed by atoms with Gasteiger partial charge in [0, 0.05) is 12.3 Å². The summed E-state index contributed by atoms with van der Waals surface area (Å²) in [6, 6.07) is 0. The lowest BCUT2D eigenvalue weighted by Crippen LogP contribution is -2.39. The lowest BCUT2D eigenvalue weighted by atomic mass is 11.1. The van der Waals surface area contributed by atoms with E-state index in [4.69, 9.17) is 8.85 Å². The summed E-state index contributed by atoms with van der Waals surface area (Å²) in [7, 11) is -1.95. The summed E-state index contributed by atoms with van der Waals surface area (Å²) >= 11 is 0. The summed E-state index contributed by atoms with van der Waals surface area (Å²) in [6.07, 6.45) is 0.0734. The van der Waals surface area contributed by atoms with Crippen LogP contribution in [0, 0.1) is 0 Å². The van der Waals surface area contributed by atoms with E-state index in [1.165, 1.54) is 0 Å². The van der Waals surface area contributed by atoms with Gasteiger partial charge < -0.3 is 19.5 Å². The molecule has 6 nitrogen and oxygen atoms in total. The normalized spacial score (nSPS) is 23.7. The van der Waals surface area contributed by atoms with Gasteiger partial charge in [-0.1, -0.05) is 0 Å². The Kier molecular flexibility index (Phi) is 3.60. The van der Waals surface area contributed by atoms with E-state index in [-0.39, 0.29) is 0 Å². The average Bonchev–Trinajstić information content (AvgIpc) is 2.06. The van der Waals surface area contributed by atoms with Gasteiger partial charge in [0.15, 0.2) is 0 Å². The van der Waals surface area contributed by atoms with Gasteiger partial charge in [-0.2, -0.15) is 0 Å². The van der Waals surface area contributed by atoms with Gasteiger partial charge in [0.2, 0.25) is 19.5 Å². The first kappa shape index (κ1) is 9.06. The van der Waals surface area contributed by atoms with E-state index in [1.807, 2.05) is 0 Å². The number of hydrogen-bond donors (Lipinski definition) is 2. The van der Waals surface area contributed by atoms with E-state index in [9.17, 15) is 9.59 Å². The second-order valence-electron chi connectivity index (χ2n) is 2.13. The number of nitrogens with one attached hydrogen (secondary N) is 2. The fraction of sp³-hybridized carbons (Fsp3) is 0.500. The highest BCUT2D eigenvalue weighted by Gasteiger charge is 2.07. The van der Waals surface area contributed by atoms with Gasteiger partial charge in [-0.05, 0) is 0 Å². The van der Waals surface area contributed by atoms with Gasteiger partial charge in [0.25, 0.3) is 0 Å². The fourth-order valence-corrected chi connectivity index (χ4v) is 2.09. The molecule has 1 saturated heterocycles. The highest BCUT2D eigenvalue weighted by atomic mass is 28.2.